The molecule has 2 rings (SSSR count). The fraction of sp³-hybridized carbons (Fsp3) is 0.667. The highest BCUT2D eigenvalue weighted by Gasteiger charge is 2.33. The predicted molar refractivity (Wildman–Crippen MR) is 93.2 cm³/mol. The molecule has 1 aliphatic heterocycles. The van der Waals surface area contributed by atoms with Crippen molar-refractivity contribution in [2.24, 2.45) is 5.92 Å². The van der Waals surface area contributed by atoms with Gasteiger partial charge in [-0.2, -0.15) is 0 Å². The van der Waals surface area contributed by atoms with Crippen molar-refractivity contribution in [2.75, 3.05) is 7.11 Å². The van der Waals surface area contributed by atoms with Crippen molar-refractivity contribution >= 4 is 6.41 Å². The maximum Gasteiger partial charge on any atom is 0.207 e. The summed E-state index contributed by atoms with van der Waals surface area (Å²) in [6.45, 7) is 10.2. The maximum absolute atomic E-state index is 10.4. The number of nitrogens with one attached hydrogen (secondary N) is 1. The summed E-state index contributed by atoms with van der Waals surface area (Å²) in [7, 11) is 1.51. The van der Waals surface area contributed by atoms with Crippen LogP contribution in [0.2, 0.25) is 0 Å². The van der Waals surface area contributed by atoms with Crippen LogP contribution < -0.4 is 10.1 Å². The molecule has 1 amide bonds. The van der Waals surface area contributed by atoms with Gasteiger partial charge in [-0.25, -0.2) is 0 Å². The molecule has 2 heterocycles. The first kappa shape index (κ1) is 20.2. The normalized spacial score (nSPS) is 25.7. The minimum absolute atomic E-state index is 0.116. The maximum atomic E-state index is 10.4. The van der Waals surface area contributed by atoms with Gasteiger partial charge >= 0.3 is 0 Å². The summed E-state index contributed by atoms with van der Waals surface area (Å²) in [6.07, 6.45) is 4.55. The zero-order chi connectivity index (χ0) is 18.3. The van der Waals surface area contributed by atoms with E-state index in [9.17, 15) is 9.90 Å². The number of methoxy groups -OCH3 is 1. The van der Waals surface area contributed by atoms with E-state index in [2.05, 4.69) is 38.0 Å². The molecule has 6 heteroatoms. The summed E-state index contributed by atoms with van der Waals surface area (Å²) in [6, 6.07) is 1.87. The van der Waals surface area contributed by atoms with Gasteiger partial charge in [0.15, 0.2) is 11.5 Å². The van der Waals surface area contributed by atoms with Crippen molar-refractivity contribution in [3.63, 3.8) is 0 Å². The smallest absolute Gasteiger partial charge is 0.207 e. The zero-order valence-corrected chi connectivity index (χ0v) is 15.5. The minimum Gasteiger partial charge on any atom is -0.503 e. The fourth-order valence-electron chi connectivity index (χ4n) is 2.91. The molecule has 1 aromatic rings. The number of carbonyl (C=O) groups is 1. The third-order valence-electron chi connectivity index (χ3n) is 4.29. The Morgan fingerprint density at radius 2 is 2.12 bits per heavy atom. The quantitative estimate of drug-likeness (QED) is 0.828. The van der Waals surface area contributed by atoms with Crippen LogP contribution in [0, 0.1) is 12.8 Å². The van der Waals surface area contributed by atoms with E-state index in [1.165, 1.54) is 7.11 Å². The molecule has 24 heavy (non-hydrogen) atoms. The molecule has 0 aromatic carbocycles. The predicted octanol–water partition coefficient (Wildman–Crippen LogP) is 2.82. The molecule has 0 bridgehead atoms. The highest BCUT2D eigenvalue weighted by molar-refractivity contribution is 5.46. The van der Waals surface area contributed by atoms with Gasteiger partial charge in [-0.3, -0.25) is 9.78 Å². The second-order valence-electron chi connectivity index (χ2n) is 6.93. The van der Waals surface area contributed by atoms with E-state index in [-0.39, 0.29) is 23.5 Å². The number of aryl methyl sites for hydroxylation is 1. The lowest BCUT2D eigenvalue weighted by molar-refractivity contribution is -0.110. The van der Waals surface area contributed by atoms with Gasteiger partial charge in [0.05, 0.1) is 24.5 Å². The van der Waals surface area contributed by atoms with Gasteiger partial charge in [-0.1, -0.05) is 6.92 Å². The molecule has 0 spiro atoms. The van der Waals surface area contributed by atoms with Crippen molar-refractivity contribution in [1.82, 2.24) is 10.3 Å². The Balaban J connectivity index is 0.000000254. The van der Waals surface area contributed by atoms with Gasteiger partial charge in [0.2, 0.25) is 6.41 Å². The Labute approximate surface area is 144 Å². The van der Waals surface area contributed by atoms with Gasteiger partial charge in [0.1, 0.15) is 0 Å². The summed E-state index contributed by atoms with van der Waals surface area (Å²) in [5, 5.41) is 12.1. The second-order valence-corrected chi connectivity index (χ2v) is 6.93. The molecule has 136 valence electrons. The minimum atomic E-state index is -0.134. The summed E-state index contributed by atoms with van der Waals surface area (Å²) >= 11 is 0. The molecular weight excluding hydrogens is 308 g/mol. The Hall–Kier alpha value is -1.82. The Morgan fingerprint density at radius 1 is 1.46 bits per heavy atom. The highest BCUT2D eigenvalue weighted by atomic mass is 16.5. The topological polar surface area (TPSA) is 80.7 Å². The molecule has 6 nitrogen and oxygen atoms in total. The van der Waals surface area contributed by atoms with E-state index in [4.69, 9.17) is 9.47 Å². The van der Waals surface area contributed by atoms with Crippen molar-refractivity contribution < 1.29 is 19.4 Å². The van der Waals surface area contributed by atoms with Crippen LogP contribution in [0.4, 0.5) is 0 Å². The van der Waals surface area contributed by atoms with Crippen molar-refractivity contribution in [1.29, 1.82) is 0 Å². The molecular formula is C18H30N2O4. The molecule has 3 unspecified atom stereocenters. The highest BCUT2D eigenvalue weighted by Crippen LogP contribution is 2.30. The number of nitrogens with zero attached hydrogens (tertiary/aromatic N) is 1. The van der Waals surface area contributed by atoms with Crippen molar-refractivity contribution in [3.05, 3.63) is 18.0 Å². The lowest BCUT2D eigenvalue weighted by atomic mass is 9.93. The third kappa shape index (κ3) is 6.00. The molecule has 0 aliphatic carbocycles. The zero-order valence-electron chi connectivity index (χ0n) is 15.5. The number of aromatic hydroxyl groups is 1. The summed E-state index contributed by atoms with van der Waals surface area (Å²) in [5.74, 6) is 1.08. The number of pyridine rings is 1. The van der Waals surface area contributed by atoms with Crippen LogP contribution in [-0.2, 0) is 9.53 Å². The lowest BCUT2D eigenvalue weighted by Gasteiger charge is -2.28. The van der Waals surface area contributed by atoms with Gasteiger partial charge in [-0.15, -0.1) is 0 Å². The van der Waals surface area contributed by atoms with Crippen LogP contribution >= 0.6 is 0 Å². The average molecular weight is 338 g/mol. The molecule has 2 N–H and O–H groups in total. The molecule has 3 atom stereocenters. The first-order valence-electron chi connectivity index (χ1n) is 8.26. The standard InChI is InChI=1S/C11H21NO2.C7H9NO2/c1-8-5-10(12-7-13)6-11(3,4)14-9(8)2;1-5-7(9)6(10-2)3-4-8-5/h7-10H,5-6H2,1-4H3,(H,12,13);3-4,9H,1-2H3. The van der Waals surface area contributed by atoms with Crippen LogP contribution in [0.1, 0.15) is 46.2 Å². The van der Waals surface area contributed by atoms with Gasteiger partial charge in [0.25, 0.3) is 0 Å². The largest absolute Gasteiger partial charge is 0.503 e. The summed E-state index contributed by atoms with van der Waals surface area (Å²) in [4.78, 5) is 14.3. The first-order chi connectivity index (χ1) is 11.2. The Kier molecular flexibility index (Phi) is 7.48. The van der Waals surface area contributed by atoms with Crippen molar-refractivity contribution in [3.8, 4) is 11.5 Å². The lowest BCUT2D eigenvalue weighted by Crippen LogP contribution is -2.35. The van der Waals surface area contributed by atoms with E-state index < -0.39 is 0 Å². The van der Waals surface area contributed by atoms with Crippen LogP contribution in [-0.4, -0.2) is 41.4 Å². The Morgan fingerprint density at radius 3 is 2.67 bits per heavy atom. The average Bonchev–Trinajstić information content (AvgIpc) is 2.58. The van der Waals surface area contributed by atoms with Gasteiger partial charge in [0, 0.05) is 18.3 Å². The number of carbonyl (C=O) groups excluding carboxylic acids is 1. The number of hydrogen-bond acceptors (Lipinski definition) is 5. The van der Waals surface area contributed by atoms with E-state index in [0.717, 1.165) is 19.3 Å². The summed E-state index contributed by atoms with van der Waals surface area (Å²) in [5.41, 5.74) is 0.449. The molecule has 1 saturated heterocycles. The Bertz CT molecular complexity index is 534. The van der Waals surface area contributed by atoms with Crippen LogP contribution in [0.5, 0.6) is 11.5 Å². The van der Waals surface area contributed by atoms with Crippen LogP contribution in [0.25, 0.3) is 0 Å². The van der Waals surface area contributed by atoms with E-state index in [1.54, 1.807) is 19.2 Å². The second kappa shape index (κ2) is 8.87. The van der Waals surface area contributed by atoms with Crippen molar-refractivity contribution in [2.45, 2.75) is 65.2 Å². The molecule has 1 fully saturated rings. The third-order valence-corrected chi connectivity index (χ3v) is 4.29. The van der Waals surface area contributed by atoms with Crippen LogP contribution in [0.3, 0.4) is 0 Å². The monoisotopic (exact) mass is 338 g/mol. The van der Waals surface area contributed by atoms with E-state index in [1.807, 2.05) is 0 Å². The van der Waals surface area contributed by atoms with Gasteiger partial charge in [-0.05, 0) is 46.5 Å². The number of hydrogen-bond donors (Lipinski definition) is 2. The number of amides is 1. The first-order valence-corrected chi connectivity index (χ1v) is 8.26. The SMILES string of the molecule is CC1CC(NC=O)CC(C)(C)OC1C.COc1ccnc(C)c1O. The van der Waals surface area contributed by atoms with E-state index in [0.29, 0.717) is 17.4 Å². The van der Waals surface area contributed by atoms with Crippen LogP contribution in [0.15, 0.2) is 12.3 Å². The molecule has 1 aromatic heterocycles. The summed E-state index contributed by atoms with van der Waals surface area (Å²) < 4.78 is 10.8. The number of aromatic nitrogens is 1. The van der Waals surface area contributed by atoms with Gasteiger partial charge < -0.3 is 19.9 Å². The molecule has 0 radical (unpaired) electrons. The van der Waals surface area contributed by atoms with E-state index >= 15 is 0 Å². The molecule has 1 aliphatic rings. The number of ether oxygens (including phenoxy) is 2. The number of rotatable bonds is 3. The fourth-order valence-corrected chi connectivity index (χ4v) is 2.91. The molecule has 0 saturated carbocycles.